The van der Waals surface area contributed by atoms with E-state index in [1.807, 2.05) is 17.1 Å². The number of rotatable bonds is 6. The van der Waals surface area contributed by atoms with Gasteiger partial charge in [0.2, 0.25) is 0 Å². The van der Waals surface area contributed by atoms with Crippen molar-refractivity contribution in [3.63, 3.8) is 0 Å². The van der Waals surface area contributed by atoms with Crippen molar-refractivity contribution >= 4 is 11.7 Å². The van der Waals surface area contributed by atoms with Gasteiger partial charge >= 0.3 is 0 Å². The van der Waals surface area contributed by atoms with E-state index in [-0.39, 0.29) is 6.04 Å². The predicted octanol–water partition coefficient (Wildman–Crippen LogP) is 1.65. The number of likely N-dealkylation sites (N-methyl/N-ethyl adjacent to an activating group) is 1. The number of hydrogen-bond acceptors (Lipinski definition) is 5. The van der Waals surface area contributed by atoms with Gasteiger partial charge in [0.25, 0.3) is 0 Å². The minimum absolute atomic E-state index is 0.230. The molecule has 0 aliphatic carbocycles. The molecule has 2 rings (SSSR count). The Hall–Kier alpha value is -1.27. The van der Waals surface area contributed by atoms with Gasteiger partial charge < -0.3 is 5.32 Å². The molecule has 0 aromatic carbocycles. The van der Waals surface area contributed by atoms with Gasteiger partial charge in [-0.3, -0.25) is 4.68 Å². The second-order valence-electron chi connectivity index (χ2n) is 3.85. The lowest BCUT2D eigenvalue weighted by Crippen LogP contribution is -2.23. The number of hydrogen-bond donors (Lipinski definition) is 1. The Labute approximate surface area is 105 Å². The van der Waals surface area contributed by atoms with Gasteiger partial charge in [-0.1, -0.05) is 6.92 Å². The molecule has 6 heteroatoms. The normalized spacial score (nSPS) is 12.8. The molecule has 17 heavy (non-hydrogen) atoms. The fourth-order valence-corrected chi connectivity index (χ4v) is 2.24. The van der Waals surface area contributed by atoms with Crippen molar-refractivity contribution in [2.75, 3.05) is 6.54 Å². The van der Waals surface area contributed by atoms with E-state index in [0.717, 1.165) is 25.2 Å². The standard InChI is InChI=1S/C11H17N5S/c1-3-12-10(11-7-14-17-15-11)5-9-6-13-16(4-2)8-9/h6-8,10,12H,3-5H2,1-2H3. The van der Waals surface area contributed by atoms with Gasteiger partial charge in [-0.2, -0.15) is 13.8 Å². The molecule has 1 unspecified atom stereocenters. The lowest BCUT2D eigenvalue weighted by Gasteiger charge is -2.13. The first-order valence-corrected chi connectivity index (χ1v) is 6.58. The molecule has 0 aliphatic rings. The summed E-state index contributed by atoms with van der Waals surface area (Å²) in [6.07, 6.45) is 6.75. The van der Waals surface area contributed by atoms with Crippen LogP contribution in [0.25, 0.3) is 0 Å². The third kappa shape index (κ3) is 3.10. The number of aromatic nitrogens is 4. The Balaban J connectivity index is 2.07. The topological polar surface area (TPSA) is 55.6 Å². The van der Waals surface area contributed by atoms with Crippen molar-refractivity contribution in [1.82, 2.24) is 23.8 Å². The maximum absolute atomic E-state index is 4.30. The fraction of sp³-hybridized carbons (Fsp3) is 0.545. The first-order chi connectivity index (χ1) is 8.33. The minimum Gasteiger partial charge on any atom is -0.309 e. The van der Waals surface area contributed by atoms with Gasteiger partial charge in [0.15, 0.2) is 0 Å². The van der Waals surface area contributed by atoms with Crippen LogP contribution in [0.15, 0.2) is 18.6 Å². The quantitative estimate of drug-likeness (QED) is 0.848. The average molecular weight is 251 g/mol. The molecule has 0 fully saturated rings. The van der Waals surface area contributed by atoms with Crippen LogP contribution in [0.4, 0.5) is 0 Å². The summed E-state index contributed by atoms with van der Waals surface area (Å²) in [5, 5.41) is 7.71. The molecule has 1 atom stereocenters. The lowest BCUT2D eigenvalue weighted by atomic mass is 10.1. The molecule has 0 aliphatic heterocycles. The summed E-state index contributed by atoms with van der Waals surface area (Å²) in [6, 6.07) is 0.230. The summed E-state index contributed by atoms with van der Waals surface area (Å²) in [5.41, 5.74) is 2.24. The van der Waals surface area contributed by atoms with Gasteiger partial charge in [0, 0.05) is 12.7 Å². The summed E-state index contributed by atoms with van der Waals surface area (Å²) in [4.78, 5) is 0. The van der Waals surface area contributed by atoms with Crippen LogP contribution in [0.5, 0.6) is 0 Å². The van der Waals surface area contributed by atoms with Crippen LogP contribution >= 0.6 is 11.7 Å². The molecule has 0 radical (unpaired) electrons. The summed E-state index contributed by atoms with van der Waals surface area (Å²) in [7, 11) is 0. The summed E-state index contributed by atoms with van der Waals surface area (Å²) in [6.45, 7) is 6.01. The largest absolute Gasteiger partial charge is 0.309 e. The maximum Gasteiger partial charge on any atom is 0.0915 e. The van der Waals surface area contributed by atoms with E-state index < -0.39 is 0 Å². The van der Waals surface area contributed by atoms with Gasteiger partial charge in [0.05, 0.1) is 35.9 Å². The van der Waals surface area contributed by atoms with E-state index in [1.54, 1.807) is 0 Å². The highest BCUT2D eigenvalue weighted by Crippen LogP contribution is 2.16. The highest BCUT2D eigenvalue weighted by molar-refractivity contribution is 6.99. The molecule has 0 spiro atoms. The molecule has 92 valence electrons. The van der Waals surface area contributed by atoms with Crippen LogP contribution in [0.1, 0.15) is 31.1 Å². The second kappa shape index (κ2) is 5.88. The first kappa shape index (κ1) is 12.2. The molecular weight excluding hydrogens is 234 g/mol. The first-order valence-electron chi connectivity index (χ1n) is 5.85. The second-order valence-corrected chi connectivity index (χ2v) is 4.41. The van der Waals surface area contributed by atoms with Crippen molar-refractivity contribution in [3.8, 4) is 0 Å². The van der Waals surface area contributed by atoms with Gasteiger partial charge in [0.1, 0.15) is 0 Å². The predicted molar refractivity (Wildman–Crippen MR) is 67.9 cm³/mol. The van der Waals surface area contributed by atoms with E-state index >= 15 is 0 Å². The van der Waals surface area contributed by atoms with Crippen LogP contribution in [-0.4, -0.2) is 25.1 Å². The molecule has 5 nitrogen and oxygen atoms in total. The minimum atomic E-state index is 0.230. The van der Waals surface area contributed by atoms with Crippen molar-refractivity contribution < 1.29 is 0 Å². The number of aryl methyl sites for hydroxylation is 1. The zero-order valence-electron chi connectivity index (χ0n) is 10.1. The van der Waals surface area contributed by atoms with E-state index in [9.17, 15) is 0 Å². The van der Waals surface area contributed by atoms with Crippen LogP contribution in [0.3, 0.4) is 0 Å². The SMILES string of the molecule is CCNC(Cc1cnn(CC)c1)c1cnsn1. The Morgan fingerprint density at radius 1 is 1.41 bits per heavy atom. The highest BCUT2D eigenvalue weighted by Gasteiger charge is 2.14. The third-order valence-corrected chi connectivity index (χ3v) is 3.13. The van der Waals surface area contributed by atoms with Gasteiger partial charge in [-0.25, -0.2) is 0 Å². The monoisotopic (exact) mass is 251 g/mol. The third-order valence-electron chi connectivity index (χ3n) is 2.64. The van der Waals surface area contributed by atoms with Crippen LogP contribution < -0.4 is 5.32 Å². The van der Waals surface area contributed by atoms with Crippen molar-refractivity contribution in [2.24, 2.45) is 0 Å². The molecule has 0 bridgehead atoms. The Morgan fingerprint density at radius 3 is 2.88 bits per heavy atom. The molecule has 0 saturated heterocycles. The van der Waals surface area contributed by atoms with Gasteiger partial charge in [-0.05, 0) is 25.5 Å². The van der Waals surface area contributed by atoms with Crippen molar-refractivity contribution in [1.29, 1.82) is 0 Å². The number of nitrogens with zero attached hydrogens (tertiary/aromatic N) is 4. The fourth-order valence-electron chi connectivity index (χ4n) is 1.77. The molecule has 2 aromatic rings. The van der Waals surface area contributed by atoms with Crippen LogP contribution in [-0.2, 0) is 13.0 Å². The zero-order valence-corrected chi connectivity index (χ0v) is 10.9. The van der Waals surface area contributed by atoms with E-state index in [4.69, 9.17) is 0 Å². The maximum atomic E-state index is 4.30. The van der Waals surface area contributed by atoms with E-state index in [1.165, 1.54) is 17.3 Å². The molecule has 2 heterocycles. The van der Waals surface area contributed by atoms with Crippen molar-refractivity contribution in [3.05, 3.63) is 29.8 Å². The lowest BCUT2D eigenvalue weighted by molar-refractivity contribution is 0.539. The van der Waals surface area contributed by atoms with Crippen LogP contribution in [0.2, 0.25) is 0 Å². The Kier molecular flexibility index (Phi) is 4.22. The Bertz CT molecular complexity index is 436. The summed E-state index contributed by atoms with van der Waals surface area (Å²) in [5.74, 6) is 0. The summed E-state index contributed by atoms with van der Waals surface area (Å²) >= 11 is 1.25. The molecule has 1 N–H and O–H groups in total. The highest BCUT2D eigenvalue weighted by atomic mass is 32.1. The van der Waals surface area contributed by atoms with Gasteiger partial charge in [-0.15, -0.1) is 0 Å². The van der Waals surface area contributed by atoms with E-state index in [0.29, 0.717) is 0 Å². The smallest absolute Gasteiger partial charge is 0.0915 e. The zero-order chi connectivity index (χ0) is 12.1. The average Bonchev–Trinajstić information content (AvgIpc) is 2.99. The molecule has 0 saturated carbocycles. The number of nitrogens with one attached hydrogen (secondary N) is 1. The summed E-state index contributed by atoms with van der Waals surface area (Å²) < 4.78 is 10.3. The Morgan fingerprint density at radius 2 is 2.29 bits per heavy atom. The van der Waals surface area contributed by atoms with Crippen molar-refractivity contribution in [2.45, 2.75) is 32.9 Å². The molecular formula is C11H17N5S. The van der Waals surface area contributed by atoms with E-state index in [2.05, 4.69) is 39.2 Å². The molecule has 0 amide bonds. The van der Waals surface area contributed by atoms with Crippen LogP contribution in [0, 0.1) is 0 Å². The molecule has 2 aromatic heterocycles.